The molecule has 0 saturated carbocycles. The Kier molecular flexibility index (Phi) is 5.68. The number of aliphatic hydroxyl groups is 1. The Labute approximate surface area is 112 Å². The van der Waals surface area contributed by atoms with Crippen molar-refractivity contribution in [2.75, 3.05) is 25.0 Å². The van der Waals surface area contributed by atoms with E-state index in [-0.39, 0.29) is 19.2 Å². The van der Waals surface area contributed by atoms with Gasteiger partial charge in [0.2, 0.25) is 0 Å². The zero-order valence-corrected chi connectivity index (χ0v) is 11.1. The molecule has 2 amide bonds. The highest BCUT2D eigenvalue weighted by molar-refractivity contribution is 6.33. The minimum Gasteiger partial charge on any atom is -0.395 e. The number of halogens is 1. The van der Waals surface area contributed by atoms with Gasteiger partial charge in [-0.1, -0.05) is 23.7 Å². The summed E-state index contributed by atoms with van der Waals surface area (Å²) in [5, 5.41) is 12.1. The van der Waals surface area contributed by atoms with E-state index in [4.69, 9.17) is 16.7 Å². The number of aryl methyl sites for hydroxylation is 1. The molecule has 98 valence electrons. The molecule has 1 aromatic rings. The van der Waals surface area contributed by atoms with E-state index in [2.05, 4.69) is 11.9 Å². The maximum absolute atomic E-state index is 11.9. The number of carbonyl (C=O) groups excluding carboxylic acids is 1. The number of urea groups is 1. The quantitative estimate of drug-likeness (QED) is 0.807. The number of nitrogens with zero attached hydrogens (tertiary/aromatic N) is 1. The molecule has 0 radical (unpaired) electrons. The molecular weight excluding hydrogens is 252 g/mol. The number of amides is 2. The first-order valence-corrected chi connectivity index (χ1v) is 6.00. The van der Waals surface area contributed by atoms with Crippen LogP contribution in [0.1, 0.15) is 5.56 Å². The monoisotopic (exact) mass is 268 g/mol. The normalized spacial score (nSPS) is 9.94. The summed E-state index contributed by atoms with van der Waals surface area (Å²) < 4.78 is 0. The second-order valence-corrected chi connectivity index (χ2v) is 4.28. The summed E-state index contributed by atoms with van der Waals surface area (Å²) in [5.74, 6) is 0. The predicted molar refractivity (Wildman–Crippen MR) is 74.1 cm³/mol. The molecular formula is C13H17ClN2O2. The zero-order chi connectivity index (χ0) is 13.5. The molecule has 0 aliphatic carbocycles. The fourth-order valence-electron chi connectivity index (χ4n) is 1.47. The van der Waals surface area contributed by atoms with Crippen molar-refractivity contribution in [3.05, 3.63) is 41.4 Å². The van der Waals surface area contributed by atoms with Gasteiger partial charge in [-0.05, 0) is 24.6 Å². The Morgan fingerprint density at radius 1 is 1.61 bits per heavy atom. The largest absolute Gasteiger partial charge is 0.395 e. The Hall–Kier alpha value is -1.52. The smallest absolute Gasteiger partial charge is 0.322 e. The van der Waals surface area contributed by atoms with Crippen molar-refractivity contribution in [2.45, 2.75) is 6.92 Å². The fourth-order valence-corrected chi connectivity index (χ4v) is 1.75. The summed E-state index contributed by atoms with van der Waals surface area (Å²) in [6.07, 6.45) is 1.60. The van der Waals surface area contributed by atoms with E-state index < -0.39 is 0 Å². The molecule has 0 atom stereocenters. The molecule has 5 heteroatoms. The SMILES string of the molecule is C=CCN(CCO)C(=O)Nc1ccc(C)cc1Cl. The molecule has 0 heterocycles. The number of anilines is 1. The maximum atomic E-state index is 11.9. The van der Waals surface area contributed by atoms with Gasteiger partial charge in [-0.15, -0.1) is 6.58 Å². The van der Waals surface area contributed by atoms with Crippen molar-refractivity contribution < 1.29 is 9.90 Å². The first kappa shape index (κ1) is 14.5. The van der Waals surface area contributed by atoms with Gasteiger partial charge in [0.25, 0.3) is 0 Å². The van der Waals surface area contributed by atoms with Crippen LogP contribution < -0.4 is 5.32 Å². The molecule has 0 aliphatic heterocycles. The molecule has 2 N–H and O–H groups in total. The molecule has 0 fully saturated rings. The molecule has 4 nitrogen and oxygen atoms in total. The number of nitrogens with one attached hydrogen (secondary N) is 1. The van der Waals surface area contributed by atoms with Crippen LogP contribution in [0.15, 0.2) is 30.9 Å². The molecule has 0 bridgehead atoms. The van der Waals surface area contributed by atoms with Gasteiger partial charge in [0.15, 0.2) is 0 Å². The number of benzene rings is 1. The summed E-state index contributed by atoms with van der Waals surface area (Å²) in [6, 6.07) is 5.09. The van der Waals surface area contributed by atoms with Crippen molar-refractivity contribution in [1.29, 1.82) is 0 Å². The molecule has 0 unspecified atom stereocenters. The number of hydrogen-bond donors (Lipinski definition) is 2. The predicted octanol–water partition coefficient (Wildman–Crippen LogP) is 2.66. The van der Waals surface area contributed by atoms with Crippen LogP contribution in [0.5, 0.6) is 0 Å². The number of carbonyl (C=O) groups is 1. The summed E-state index contributed by atoms with van der Waals surface area (Å²) in [6.45, 7) is 6.02. The Balaban J connectivity index is 2.75. The van der Waals surface area contributed by atoms with Gasteiger partial charge in [0, 0.05) is 13.1 Å². The van der Waals surface area contributed by atoms with E-state index in [1.807, 2.05) is 13.0 Å². The van der Waals surface area contributed by atoms with Gasteiger partial charge >= 0.3 is 6.03 Å². The molecule has 1 aromatic carbocycles. The van der Waals surface area contributed by atoms with E-state index in [1.54, 1.807) is 18.2 Å². The van der Waals surface area contributed by atoms with Crippen molar-refractivity contribution in [3.63, 3.8) is 0 Å². The van der Waals surface area contributed by atoms with Crippen LogP contribution in [0.4, 0.5) is 10.5 Å². The molecule has 18 heavy (non-hydrogen) atoms. The summed E-state index contributed by atoms with van der Waals surface area (Å²) in [5.41, 5.74) is 1.58. The topological polar surface area (TPSA) is 52.6 Å². The second kappa shape index (κ2) is 7.03. The van der Waals surface area contributed by atoms with Crippen LogP contribution in [0.2, 0.25) is 5.02 Å². The van der Waals surface area contributed by atoms with Crippen LogP contribution in [-0.2, 0) is 0 Å². The number of hydrogen-bond acceptors (Lipinski definition) is 2. The van der Waals surface area contributed by atoms with E-state index in [0.29, 0.717) is 17.3 Å². The fraction of sp³-hybridized carbons (Fsp3) is 0.308. The lowest BCUT2D eigenvalue weighted by atomic mass is 10.2. The molecule has 0 aliphatic rings. The van der Waals surface area contributed by atoms with E-state index in [9.17, 15) is 4.79 Å². The lowest BCUT2D eigenvalue weighted by Gasteiger charge is -2.20. The van der Waals surface area contributed by atoms with Crippen molar-refractivity contribution in [3.8, 4) is 0 Å². The number of aliphatic hydroxyl groups excluding tert-OH is 1. The van der Waals surface area contributed by atoms with Crippen LogP contribution in [0.3, 0.4) is 0 Å². The standard InChI is InChI=1S/C13H17ClN2O2/c1-3-6-16(7-8-17)13(18)15-12-5-4-10(2)9-11(12)14/h3-5,9,17H,1,6-8H2,2H3,(H,15,18). The van der Waals surface area contributed by atoms with Gasteiger partial charge in [-0.3, -0.25) is 0 Å². The van der Waals surface area contributed by atoms with E-state index >= 15 is 0 Å². The van der Waals surface area contributed by atoms with E-state index in [1.165, 1.54) is 4.90 Å². The highest BCUT2D eigenvalue weighted by Gasteiger charge is 2.12. The number of rotatable bonds is 5. The van der Waals surface area contributed by atoms with Gasteiger partial charge in [-0.2, -0.15) is 0 Å². The molecule has 0 spiro atoms. The van der Waals surface area contributed by atoms with Crippen molar-refractivity contribution in [2.24, 2.45) is 0 Å². The van der Waals surface area contributed by atoms with Crippen LogP contribution in [0, 0.1) is 6.92 Å². The first-order chi connectivity index (χ1) is 8.58. The van der Waals surface area contributed by atoms with Crippen LogP contribution in [0.25, 0.3) is 0 Å². The molecule has 0 aromatic heterocycles. The van der Waals surface area contributed by atoms with Gasteiger partial charge < -0.3 is 15.3 Å². The maximum Gasteiger partial charge on any atom is 0.322 e. The van der Waals surface area contributed by atoms with Gasteiger partial charge in [0.1, 0.15) is 0 Å². The van der Waals surface area contributed by atoms with Crippen LogP contribution >= 0.6 is 11.6 Å². The Bertz CT molecular complexity index is 435. The summed E-state index contributed by atoms with van der Waals surface area (Å²) in [7, 11) is 0. The van der Waals surface area contributed by atoms with Crippen LogP contribution in [-0.4, -0.2) is 35.7 Å². The highest BCUT2D eigenvalue weighted by Crippen LogP contribution is 2.22. The average Bonchev–Trinajstić information content (AvgIpc) is 2.32. The first-order valence-electron chi connectivity index (χ1n) is 5.62. The Morgan fingerprint density at radius 3 is 2.89 bits per heavy atom. The third kappa shape index (κ3) is 4.05. The Morgan fingerprint density at radius 2 is 2.33 bits per heavy atom. The van der Waals surface area contributed by atoms with Crippen molar-refractivity contribution >= 4 is 23.3 Å². The lowest BCUT2D eigenvalue weighted by Crippen LogP contribution is -2.37. The molecule has 1 rings (SSSR count). The summed E-state index contributed by atoms with van der Waals surface area (Å²) in [4.78, 5) is 13.4. The highest BCUT2D eigenvalue weighted by atomic mass is 35.5. The average molecular weight is 269 g/mol. The third-order valence-electron chi connectivity index (χ3n) is 2.37. The van der Waals surface area contributed by atoms with Crippen molar-refractivity contribution in [1.82, 2.24) is 4.90 Å². The van der Waals surface area contributed by atoms with Gasteiger partial charge in [0.05, 0.1) is 17.3 Å². The third-order valence-corrected chi connectivity index (χ3v) is 2.69. The summed E-state index contributed by atoms with van der Waals surface area (Å²) >= 11 is 6.03. The lowest BCUT2D eigenvalue weighted by molar-refractivity contribution is 0.195. The molecule has 0 saturated heterocycles. The zero-order valence-electron chi connectivity index (χ0n) is 10.3. The minimum atomic E-state index is -0.310. The van der Waals surface area contributed by atoms with Gasteiger partial charge in [-0.25, -0.2) is 4.79 Å². The van der Waals surface area contributed by atoms with E-state index in [0.717, 1.165) is 5.56 Å². The minimum absolute atomic E-state index is 0.0944. The second-order valence-electron chi connectivity index (χ2n) is 3.87.